The first-order chi connectivity index (χ1) is 10.2. The average Bonchev–Trinajstić information content (AvgIpc) is 3.01. The van der Waals surface area contributed by atoms with Crippen LogP contribution in [0.4, 0.5) is 0 Å². The molecule has 2 aromatic rings. The third-order valence-electron chi connectivity index (χ3n) is 3.94. The minimum atomic E-state index is 0.908. The maximum atomic E-state index is 4.25. The minimum absolute atomic E-state index is 0.908. The second-order valence-electron chi connectivity index (χ2n) is 5.67. The summed E-state index contributed by atoms with van der Waals surface area (Å²) in [6.07, 6.45) is 8.46. The lowest BCUT2D eigenvalue weighted by Crippen LogP contribution is -1.91. The Labute approximate surface area is 127 Å². The standard InChI is InChI=1S/C21H20/c1-16-6-5-7-18(14-16)15-17(2)19-10-12-21(13-11-19)20-8-3-4-9-20/h3-8,10-14H,2,9,15H2,1H3. The molecule has 0 bridgehead atoms. The highest BCUT2D eigenvalue weighted by molar-refractivity contribution is 5.73. The molecule has 0 N–H and O–H groups in total. The van der Waals surface area contributed by atoms with E-state index in [1.54, 1.807) is 0 Å². The summed E-state index contributed by atoms with van der Waals surface area (Å²) < 4.78 is 0. The van der Waals surface area contributed by atoms with E-state index in [0.29, 0.717) is 0 Å². The number of allylic oxidation sites excluding steroid dienone is 5. The summed E-state index contributed by atoms with van der Waals surface area (Å²) in [5.74, 6) is 0. The van der Waals surface area contributed by atoms with Gasteiger partial charge in [0.25, 0.3) is 0 Å². The molecule has 1 aliphatic rings. The molecule has 0 heterocycles. The molecule has 0 amide bonds. The lowest BCUT2D eigenvalue weighted by molar-refractivity contribution is 1.26. The molecule has 1 aliphatic carbocycles. The molecule has 0 fully saturated rings. The Hall–Kier alpha value is -2.34. The van der Waals surface area contributed by atoms with Gasteiger partial charge in [-0.15, -0.1) is 0 Å². The molecule has 0 radical (unpaired) electrons. The van der Waals surface area contributed by atoms with Crippen molar-refractivity contribution >= 4 is 11.1 Å². The molecule has 0 atom stereocenters. The topological polar surface area (TPSA) is 0 Å². The van der Waals surface area contributed by atoms with E-state index in [1.165, 1.54) is 33.4 Å². The quantitative estimate of drug-likeness (QED) is 0.680. The molecule has 0 saturated heterocycles. The highest BCUT2D eigenvalue weighted by Crippen LogP contribution is 2.25. The van der Waals surface area contributed by atoms with Gasteiger partial charge >= 0.3 is 0 Å². The monoisotopic (exact) mass is 272 g/mol. The van der Waals surface area contributed by atoms with Crippen molar-refractivity contribution in [2.24, 2.45) is 0 Å². The average molecular weight is 272 g/mol. The van der Waals surface area contributed by atoms with E-state index in [2.05, 4.69) is 80.3 Å². The Kier molecular flexibility index (Phi) is 3.87. The predicted octanol–water partition coefficient (Wildman–Crippen LogP) is 5.59. The largest absolute Gasteiger partial charge is 0.0949 e. The molecule has 0 aliphatic heterocycles. The van der Waals surface area contributed by atoms with E-state index < -0.39 is 0 Å². The van der Waals surface area contributed by atoms with Gasteiger partial charge in [0, 0.05) is 0 Å². The first-order valence-corrected chi connectivity index (χ1v) is 7.42. The molecule has 3 rings (SSSR count). The van der Waals surface area contributed by atoms with Gasteiger partial charge in [0.1, 0.15) is 0 Å². The highest BCUT2D eigenvalue weighted by atomic mass is 14.1. The summed E-state index contributed by atoms with van der Waals surface area (Å²) in [5, 5.41) is 0. The van der Waals surface area contributed by atoms with Crippen LogP contribution in [0.1, 0.15) is 28.7 Å². The van der Waals surface area contributed by atoms with Crippen molar-refractivity contribution in [3.63, 3.8) is 0 Å². The van der Waals surface area contributed by atoms with E-state index in [-0.39, 0.29) is 0 Å². The number of rotatable bonds is 4. The summed E-state index contributed by atoms with van der Waals surface area (Å²) >= 11 is 0. The molecular formula is C21H20. The van der Waals surface area contributed by atoms with Crippen molar-refractivity contribution in [3.05, 3.63) is 95.6 Å². The fraction of sp³-hybridized carbons (Fsp3) is 0.143. The van der Waals surface area contributed by atoms with Crippen LogP contribution in [0, 0.1) is 6.92 Å². The maximum absolute atomic E-state index is 4.25. The first kappa shape index (κ1) is 13.6. The van der Waals surface area contributed by atoms with E-state index in [0.717, 1.165) is 12.8 Å². The van der Waals surface area contributed by atoms with Crippen molar-refractivity contribution in [2.45, 2.75) is 19.8 Å². The van der Waals surface area contributed by atoms with Crippen LogP contribution < -0.4 is 0 Å². The lowest BCUT2D eigenvalue weighted by Gasteiger charge is -2.09. The Morgan fingerprint density at radius 2 is 1.90 bits per heavy atom. The first-order valence-electron chi connectivity index (χ1n) is 7.42. The predicted molar refractivity (Wildman–Crippen MR) is 92.1 cm³/mol. The van der Waals surface area contributed by atoms with Gasteiger partial charge < -0.3 is 0 Å². The third-order valence-corrected chi connectivity index (χ3v) is 3.94. The summed E-state index contributed by atoms with van der Waals surface area (Å²) in [7, 11) is 0. The molecule has 21 heavy (non-hydrogen) atoms. The van der Waals surface area contributed by atoms with Crippen LogP contribution >= 0.6 is 0 Å². The van der Waals surface area contributed by atoms with Crippen molar-refractivity contribution in [1.82, 2.24) is 0 Å². The molecule has 0 saturated carbocycles. The second-order valence-corrected chi connectivity index (χ2v) is 5.67. The van der Waals surface area contributed by atoms with Crippen LogP contribution in [0.3, 0.4) is 0 Å². The lowest BCUT2D eigenvalue weighted by atomic mass is 9.96. The van der Waals surface area contributed by atoms with Crippen LogP contribution in [0.15, 0.2) is 73.3 Å². The van der Waals surface area contributed by atoms with E-state index in [1.807, 2.05) is 0 Å². The van der Waals surface area contributed by atoms with E-state index in [4.69, 9.17) is 0 Å². The Morgan fingerprint density at radius 3 is 2.57 bits per heavy atom. The highest BCUT2D eigenvalue weighted by Gasteiger charge is 2.05. The van der Waals surface area contributed by atoms with Crippen LogP contribution in [-0.2, 0) is 6.42 Å². The summed E-state index contributed by atoms with van der Waals surface area (Å²) in [6.45, 7) is 6.38. The molecular weight excluding hydrogens is 252 g/mol. The van der Waals surface area contributed by atoms with Gasteiger partial charge in [0.15, 0.2) is 0 Å². The van der Waals surface area contributed by atoms with E-state index >= 15 is 0 Å². The zero-order valence-electron chi connectivity index (χ0n) is 12.5. The number of hydrogen-bond donors (Lipinski definition) is 0. The number of aryl methyl sites for hydroxylation is 1. The summed E-state index contributed by atoms with van der Waals surface area (Å²) in [6, 6.07) is 17.4. The van der Waals surface area contributed by atoms with Crippen LogP contribution in [0.25, 0.3) is 11.1 Å². The zero-order chi connectivity index (χ0) is 14.7. The molecule has 0 unspecified atom stereocenters. The number of hydrogen-bond acceptors (Lipinski definition) is 0. The fourth-order valence-corrected chi connectivity index (χ4v) is 2.75. The van der Waals surface area contributed by atoms with Crippen molar-refractivity contribution in [1.29, 1.82) is 0 Å². The second kappa shape index (κ2) is 5.97. The molecule has 0 nitrogen and oxygen atoms in total. The van der Waals surface area contributed by atoms with Crippen LogP contribution in [-0.4, -0.2) is 0 Å². The minimum Gasteiger partial charge on any atom is -0.0949 e. The van der Waals surface area contributed by atoms with Crippen LogP contribution in [0.5, 0.6) is 0 Å². The van der Waals surface area contributed by atoms with E-state index in [9.17, 15) is 0 Å². The summed E-state index contributed by atoms with van der Waals surface area (Å²) in [5.41, 5.74) is 7.73. The van der Waals surface area contributed by atoms with Crippen molar-refractivity contribution in [3.8, 4) is 0 Å². The van der Waals surface area contributed by atoms with Gasteiger partial charge in [0.05, 0.1) is 0 Å². The van der Waals surface area contributed by atoms with Gasteiger partial charge in [0.2, 0.25) is 0 Å². The molecule has 104 valence electrons. The van der Waals surface area contributed by atoms with Gasteiger partial charge in [-0.1, -0.05) is 78.9 Å². The molecule has 0 heteroatoms. The van der Waals surface area contributed by atoms with Gasteiger partial charge in [-0.2, -0.15) is 0 Å². The molecule has 0 spiro atoms. The van der Waals surface area contributed by atoms with Gasteiger partial charge in [-0.25, -0.2) is 0 Å². The fourth-order valence-electron chi connectivity index (χ4n) is 2.75. The summed E-state index contributed by atoms with van der Waals surface area (Å²) in [4.78, 5) is 0. The van der Waals surface area contributed by atoms with Crippen molar-refractivity contribution in [2.75, 3.05) is 0 Å². The number of benzene rings is 2. The van der Waals surface area contributed by atoms with Gasteiger partial charge in [-0.05, 0) is 47.6 Å². The molecule has 2 aromatic carbocycles. The third kappa shape index (κ3) is 3.22. The Bertz CT molecular complexity index is 712. The maximum Gasteiger partial charge on any atom is -0.00256 e. The van der Waals surface area contributed by atoms with Crippen molar-refractivity contribution < 1.29 is 0 Å². The van der Waals surface area contributed by atoms with Gasteiger partial charge in [-0.3, -0.25) is 0 Å². The molecule has 0 aromatic heterocycles. The zero-order valence-corrected chi connectivity index (χ0v) is 12.5. The SMILES string of the molecule is C=C(Cc1cccc(C)c1)c1ccc(C2=CC=CC2)cc1. The van der Waals surface area contributed by atoms with Crippen LogP contribution in [0.2, 0.25) is 0 Å². The Morgan fingerprint density at radius 1 is 1.10 bits per heavy atom. The normalized spacial score (nSPS) is 13.3. The Balaban J connectivity index is 1.73. The smallest absolute Gasteiger partial charge is 0.00256 e.